The van der Waals surface area contributed by atoms with Gasteiger partial charge in [-0.05, 0) is 48.0 Å². The summed E-state index contributed by atoms with van der Waals surface area (Å²) >= 11 is 7.51. The van der Waals surface area contributed by atoms with Crippen LogP contribution in [0.5, 0.6) is 0 Å². The average molecular weight is 474 g/mol. The van der Waals surface area contributed by atoms with Crippen LogP contribution in [0, 0.1) is 0 Å². The van der Waals surface area contributed by atoms with Gasteiger partial charge in [-0.15, -0.1) is 11.3 Å². The largest absolute Gasteiger partial charge is 0.326 e. The van der Waals surface area contributed by atoms with Gasteiger partial charge in [0.15, 0.2) is 0 Å². The van der Waals surface area contributed by atoms with E-state index in [4.69, 9.17) is 16.6 Å². The van der Waals surface area contributed by atoms with E-state index < -0.39 is 0 Å². The van der Waals surface area contributed by atoms with Crippen molar-refractivity contribution in [3.05, 3.63) is 101 Å². The molecule has 0 spiro atoms. The molecule has 1 heterocycles. The first-order valence-corrected chi connectivity index (χ1v) is 11.4. The molecule has 0 aliphatic rings. The molecule has 0 fully saturated rings. The van der Waals surface area contributed by atoms with Gasteiger partial charge < -0.3 is 10.6 Å². The van der Waals surface area contributed by atoms with Gasteiger partial charge in [0.25, 0.3) is 0 Å². The highest BCUT2D eigenvalue weighted by Gasteiger charge is 2.10. The van der Waals surface area contributed by atoms with E-state index in [9.17, 15) is 9.59 Å². The normalized spacial score (nSPS) is 10.5. The van der Waals surface area contributed by atoms with Crippen LogP contribution >= 0.6 is 22.9 Å². The van der Waals surface area contributed by atoms with Gasteiger partial charge in [0, 0.05) is 32.9 Å². The molecule has 0 radical (unpaired) electrons. The second kappa shape index (κ2) is 10.3. The van der Waals surface area contributed by atoms with Gasteiger partial charge in [-0.25, -0.2) is 4.98 Å². The van der Waals surface area contributed by atoms with Crippen molar-refractivity contribution >= 4 is 46.1 Å². The number of amides is 2. The highest BCUT2D eigenvalue weighted by molar-refractivity contribution is 7.13. The molecule has 7 heteroatoms. The Labute approximate surface area is 200 Å². The maximum Gasteiger partial charge on any atom is 0.247 e. The predicted molar refractivity (Wildman–Crippen MR) is 136 cm³/mol. The Morgan fingerprint density at radius 2 is 1.67 bits per heavy atom. The minimum atomic E-state index is -0.296. The Bertz CT molecular complexity index is 1320. The van der Waals surface area contributed by atoms with Crippen LogP contribution in [0.15, 0.2) is 90.8 Å². The van der Waals surface area contributed by atoms with E-state index in [1.54, 1.807) is 29.5 Å². The predicted octanol–water partition coefficient (Wildman–Crippen LogP) is 6.44. The second-order valence-corrected chi connectivity index (χ2v) is 8.54. The Morgan fingerprint density at radius 3 is 2.42 bits per heavy atom. The molecule has 4 rings (SSSR count). The third kappa shape index (κ3) is 5.94. The van der Waals surface area contributed by atoms with Gasteiger partial charge >= 0.3 is 0 Å². The summed E-state index contributed by atoms with van der Waals surface area (Å²) in [5.74, 6) is -0.449. The lowest BCUT2D eigenvalue weighted by atomic mass is 10.1. The molecule has 0 atom stereocenters. The number of aromatic nitrogens is 1. The number of anilines is 2. The van der Waals surface area contributed by atoms with E-state index >= 15 is 0 Å². The summed E-state index contributed by atoms with van der Waals surface area (Å²) < 4.78 is 0. The highest BCUT2D eigenvalue weighted by Crippen LogP contribution is 2.30. The molecule has 0 bridgehead atoms. The lowest BCUT2D eigenvalue weighted by molar-refractivity contribution is -0.115. The molecule has 0 saturated carbocycles. The van der Waals surface area contributed by atoms with Crippen molar-refractivity contribution in [2.75, 3.05) is 10.6 Å². The molecular weight excluding hydrogens is 454 g/mol. The molecule has 2 N–H and O–H groups in total. The monoisotopic (exact) mass is 473 g/mol. The van der Waals surface area contributed by atoms with Crippen LogP contribution in [0.2, 0.25) is 5.02 Å². The summed E-state index contributed by atoms with van der Waals surface area (Å²) in [6.07, 6.45) is 1.38. The van der Waals surface area contributed by atoms with Gasteiger partial charge in [0.2, 0.25) is 11.8 Å². The first-order valence-electron chi connectivity index (χ1n) is 10.1. The van der Waals surface area contributed by atoms with E-state index in [2.05, 4.69) is 17.2 Å². The van der Waals surface area contributed by atoms with Crippen molar-refractivity contribution in [2.24, 2.45) is 0 Å². The Kier molecular flexibility index (Phi) is 6.98. The van der Waals surface area contributed by atoms with Crippen LogP contribution in [0.4, 0.5) is 11.4 Å². The van der Waals surface area contributed by atoms with E-state index in [0.29, 0.717) is 16.4 Å². The van der Waals surface area contributed by atoms with Crippen molar-refractivity contribution in [1.82, 2.24) is 4.98 Å². The molecule has 4 aromatic rings. The number of benzene rings is 3. The van der Waals surface area contributed by atoms with Crippen LogP contribution in [-0.4, -0.2) is 16.8 Å². The Hall–Kier alpha value is -3.74. The summed E-state index contributed by atoms with van der Waals surface area (Å²) in [6, 6.07) is 22.3. The molecule has 5 nitrogen and oxygen atoms in total. The lowest BCUT2D eigenvalue weighted by Gasteiger charge is -2.08. The van der Waals surface area contributed by atoms with Gasteiger partial charge in [-0.1, -0.05) is 54.6 Å². The molecule has 0 aliphatic carbocycles. The number of carbonyl (C=O) groups is 2. The molecule has 1 aromatic heterocycles. The molecule has 0 saturated heterocycles. The fraction of sp³-hybridized carbons (Fsp3) is 0.0385. The van der Waals surface area contributed by atoms with Gasteiger partial charge in [-0.2, -0.15) is 0 Å². The fourth-order valence-corrected chi connectivity index (χ4v) is 4.18. The molecule has 33 heavy (non-hydrogen) atoms. The van der Waals surface area contributed by atoms with E-state index in [1.807, 2.05) is 60.0 Å². The summed E-state index contributed by atoms with van der Waals surface area (Å²) in [6.45, 7) is 3.44. The van der Waals surface area contributed by atoms with E-state index in [1.165, 1.54) is 6.08 Å². The summed E-state index contributed by atoms with van der Waals surface area (Å²) in [5.41, 5.74) is 4.90. The number of halogens is 1. The van der Waals surface area contributed by atoms with Crippen molar-refractivity contribution in [2.45, 2.75) is 6.42 Å². The maximum absolute atomic E-state index is 12.6. The topological polar surface area (TPSA) is 71.1 Å². The quantitative estimate of drug-likeness (QED) is 0.303. The van der Waals surface area contributed by atoms with E-state index in [-0.39, 0.29) is 18.2 Å². The van der Waals surface area contributed by atoms with Crippen LogP contribution in [-0.2, 0) is 16.0 Å². The minimum Gasteiger partial charge on any atom is -0.326 e. The van der Waals surface area contributed by atoms with Gasteiger partial charge in [0.05, 0.1) is 12.1 Å². The zero-order chi connectivity index (χ0) is 23.2. The summed E-state index contributed by atoms with van der Waals surface area (Å²) in [4.78, 5) is 28.8. The van der Waals surface area contributed by atoms with Gasteiger partial charge in [-0.3, -0.25) is 9.59 Å². The molecule has 0 aliphatic heterocycles. The van der Waals surface area contributed by atoms with Crippen molar-refractivity contribution in [3.8, 4) is 21.8 Å². The number of carbonyl (C=O) groups excluding carboxylic acids is 2. The smallest absolute Gasteiger partial charge is 0.247 e. The molecule has 164 valence electrons. The summed E-state index contributed by atoms with van der Waals surface area (Å²) in [5, 5.41) is 9.18. The Balaban J connectivity index is 1.44. The van der Waals surface area contributed by atoms with Crippen LogP contribution in [0.3, 0.4) is 0 Å². The zero-order valence-corrected chi connectivity index (χ0v) is 19.1. The Morgan fingerprint density at radius 1 is 0.939 bits per heavy atom. The molecule has 2 amide bonds. The first kappa shape index (κ1) is 22.5. The van der Waals surface area contributed by atoms with Crippen molar-refractivity contribution in [1.29, 1.82) is 0 Å². The second-order valence-electron chi connectivity index (χ2n) is 7.24. The highest BCUT2D eigenvalue weighted by atomic mass is 35.5. The lowest BCUT2D eigenvalue weighted by Crippen LogP contribution is -2.14. The number of rotatable bonds is 7. The maximum atomic E-state index is 12.6. The fourth-order valence-electron chi connectivity index (χ4n) is 3.23. The average Bonchev–Trinajstić information content (AvgIpc) is 3.30. The minimum absolute atomic E-state index is 0.152. The summed E-state index contributed by atoms with van der Waals surface area (Å²) in [7, 11) is 0. The number of nitrogens with one attached hydrogen (secondary N) is 2. The standard InChI is InChI=1S/C26H20ClN3O2S/c1-2-24(31)28-21-7-3-5-17(13-21)14-25(32)29-22-8-4-6-19(15-22)26-30-23(16-33-26)18-9-11-20(27)12-10-18/h2-13,15-16H,1,14H2,(H,28,31)(H,29,32). The molecule has 3 aromatic carbocycles. The number of hydrogen-bond donors (Lipinski definition) is 2. The van der Waals surface area contributed by atoms with Gasteiger partial charge in [0.1, 0.15) is 5.01 Å². The SMILES string of the molecule is C=CC(=O)Nc1cccc(CC(=O)Nc2cccc(-c3nc(-c4ccc(Cl)cc4)cs3)c2)c1. The van der Waals surface area contributed by atoms with Crippen LogP contribution in [0.25, 0.3) is 21.8 Å². The van der Waals surface area contributed by atoms with E-state index in [0.717, 1.165) is 27.4 Å². The molecular formula is C26H20ClN3O2S. The van der Waals surface area contributed by atoms with Crippen LogP contribution < -0.4 is 10.6 Å². The third-order valence-electron chi connectivity index (χ3n) is 4.78. The number of thiazole rings is 1. The zero-order valence-electron chi connectivity index (χ0n) is 17.5. The number of hydrogen-bond acceptors (Lipinski definition) is 4. The molecule has 0 unspecified atom stereocenters. The first-order chi connectivity index (χ1) is 16.0. The third-order valence-corrected chi connectivity index (χ3v) is 5.93. The van der Waals surface area contributed by atoms with Crippen LogP contribution in [0.1, 0.15) is 5.56 Å². The van der Waals surface area contributed by atoms with Crippen molar-refractivity contribution in [3.63, 3.8) is 0 Å². The number of nitrogens with zero attached hydrogens (tertiary/aromatic N) is 1. The van der Waals surface area contributed by atoms with Crippen molar-refractivity contribution < 1.29 is 9.59 Å².